The summed E-state index contributed by atoms with van der Waals surface area (Å²) in [4.78, 5) is 2.61. The summed E-state index contributed by atoms with van der Waals surface area (Å²) in [5.74, 6) is 0. The summed E-state index contributed by atoms with van der Waals surface area (Å²) in [6.07, 6.45) is 5.30. The Balaban J connectivity index is 2.06. The first-order valence-electron chi connectivity index (χ1n) is 6.99. The summed E-state index contributed by atoms with van der Waals surface area (Å²) < 4.78 is 0. The second-order valence-electron chi connectivity index (χ2n) is 6.15. The zero-order chi connectivity index (χ0) is 12.0. The molecule has 16 heavy (non-hydrogen) atoms. The van der Waals surface area contributed by atoms with Crippen molar-refractivity contribution in [2.24, 2.45) is 5.41 Å². The lowest BCUT2D eigenvalue weighted by molar-refractivity contribution is 0.132. The first-order chi connectivity index (χ1) is 7.53. The molecule has 0 bridgehead atoms. The Bertz CT molecular complexity index is 179. The maximum atomic E-state index is 3.61. The molecule has 1 N–H and O–H groups in total. The molecule has 0 aromatic rings. The second kappa shape index (κ2) is 6.61. The van der Waals surface area contributed by atoms with Crippen molar-refractivity contribution in [3.8, 4) is 0 Å². The molecule has 2 nitrogen and oxygen atoms in total. The van der Waals surface area contributed by atoms with Crippen LogP contribution in [0.4, 0.5) is 0 Å². The number of piperidine rings is 1. The third-order valence-electron chi connectivity index (χ3n) is 3.85. The summed E-state index contributed by atoms with van der Waals surface area (Å²) in [6, 6.07) is 0.686. The van der Waals surface area contributed by atoms with Crippen LogP contribution in [-0.4, -0.2) is 37.1 Å². The van der Waals surface area contributed by atoms with Crippen molar-refractivity contribution in [1.82, 2.24) is 10.2 Å². The predicted octanol–water partition coefficient (Wildman–Crippen LogP) is 2.89. The summed E-state index contributed by atoms with van der Waals surface area (Å²) in [5, 5.41) is 3.61. The average molecular weight is 226 g/mol. The number of nitrogens with one attached hydrogen (secondary N) is 1. The highest BCUT2D eigenvalue weighted by atomic mass is 15.1. The van der Waals surface area contributed by atoms with Gasteiger partial charge in [-0.3, -0.25) is 0 Å². The Morgan fingerprint density at radius 3 is 2.44 bits per heavy atom. The van der Waals surface area contributed by atoms with E-state index < -0.39 is 0 Å². The Kier molecular flexibility index (Phi) is 5.77. The van der Waals surface area contributed by atoms with Gasteiger partial charge >= 0.3 is 0 Å². The lowest BCUT2D eigenvalue weighted by Crippen LogP contribution is -2.42. The Hall–Kier alpha value is -0.0800. The standard InChI is InChI=1S/C14H30N2/c1-5-6-13(2)15-9-12-16-10-7-14(3,4)8-11-16/h13,15H,5-12H2,1-4H3. The minimum absolute atomic E-state index is 0.583. The first-order valence-corrected chi connectivity index (χ1v) is 6.99. The molecule has 0 saturated carbocycles. The SMILES string of the molecule is CCCC(C)NCCN1CCC(C)(C)CC1. The van der Waals surface area contributed by atoms with Crippen LogP contribution >= 0.6 is 0 Å². The summed E-state index contributed by atoms with van der Waals surface area (Å²) in [5.41, 5.74) is 0.583. The van der Waals surface area contributed by atoms with Gasteiger partial charge in [0.05, 0.1) is 0 Å². The van der Waals surface area contributed by atoms with Crippen LogP contribution in [0.3, 0.4) is 0 Å². The van der Waals surface area contributed by atoms with E-state index in [1.807, 2.05) is 0 Å². The fourth-order valence-corrected chi connectivity index (χ4v) is 2.39. The van der Waals surface area contributed by atoms with Crippen LogP contribution in [0.25, 0.3) is 0 Å². The van der Waals surface area contributed by atoms with Crippen LogP contribution in [0.2, 0.25) is 0 Å². The molecule has 1 heterocycles. The Morgan fingerprint density at radius 1 is 1.25 bits per heavy atom. The molecule has 1 rings (SSSR count). The molecule has 1 unspecified atom stereocenters. The van der Waals surface area contributed by atoms with Crippen LogP contribution in [0.5, 0.6) is 0 Å². The lowest BCUT2D eigenvalue weighted by atomic mass is 9.83. The third kappa shape index (κ3) is 5.31. The van der Waals surface area contributed by atoms with E-state index in [1.165, 1.54) is 45.3 Å². The lowest BCUT2D eigenvalue weighted by Gasteiger charge is -2.37. The molecule has 1 fully saturated rings. The largest absolute Gasteiger partial charge is 0.313 e. The van der Waals surface area contributed by atoms with Crippen molar-refractivity contribution in [3.63, 3.8) is 0 Å². The zero-order valence-corrected chi connectivity index (χ0v) is 11.7. The highest BCUT2D eigenvalue weighted by Crippen LogP contribution is 2.29. The number of hydrogen-bond donors (Lipinski definition) is 1. The summed E-state index contributed by atoms with van der Waals surface area (Å²) in [6.45, 7) is 14.3. The highest BCUT2D eigenvalue weighted by Gasteiger charge is 2.24. The normalized spacial score (nSPS) is 23.2. The third-order valence-corrected chi connectivity index (χ3v) is 3.85. The van der Waals surface area contributed by atoms with E-state index in [0.29, 0.717) is 11.5 Å². The molecular weight excluding hydrogens is 196 g/mol. The molecule has 0 aromatic carbocycles. The number of nitrogens with zero attached hydrogens (tertiary/aromatic N) is 1. The zero-order valence-electron chi connectivity index (χ0n) is 11.7. The molecule has 0 radical (unpaired) electrons. The van der Waals surface area contributed by atoms with Crippen molar-refractivity contribution < 1.29 is 0 Å². The minimum Gasteiger partial charge on any atom is -0.313 e. The van der Waals surface area contributed by atoms with Crippen molar-refractivity contribution in [1.29, 1.82) is 0 Å². The van der Waals surface area contributed by atoms with E-state index in [1.54, 1.807) is 0 Å². The summed E-state index contributed by atoms with van der Waals surface area (Å²) >= 11 is 0. The van der Waals surface area contributed by atoms with Gasteiger partial charge in [-0.15, -0.1) is 0 Å². The molecule has 1 aliphatic heterocycles. The number of hydrogen-bond acceptors (Lipinski definition) is 2. The molecule has 0 amide bonds. The average Bonchev–Trinajstić information content (AvgIpc) is 2.21. The van der Waals surface area contributed by atoms with Gasteiger partial charge in [0.1, 0.15) is 0 Å². The summed E-state index contributed by atoms with van der Waals surface area (Å²) in [7, 11) is 0. The second-order valence-corrected chi connectivity index (χ2v) is 6.15. The smallest absolute Gasteiger partial charge is 0.0107 e. The van der Waals surface area contributed by atoms with Gasteiger partial charge in [-0.2, -0.15) is 0 Å². The van der Waals surface area contributed by atoms with E-state index >= 15 is 0 Å². The van der Waals surface area contributed by atoms with Gasteiger partial charge < -0.3 is 10.2 Å². The van der Waals surface area contributed by atoms with E-state index in [0.717, 1.165) is 6.54 Å². The molecular formula is C14H30N2. The molecule has 0 aromatic heterocycles. The predicted molar refractivity (Wildman–Crippen MR) is 71.8 cm³/mol. The van der Waals surface area contributed by atoms with Crippen molar-refractivity contribution in [2.45, 2.75) is 59.4 Å². The van der Waals surface area contributed by atoms with Crippen molar-refractivity contribution >= 4 is 0 Å². The van der Waals surface area contributed by atoms with Crippen LogP contribution in [-0.2, 0) is 0 Å². The topological polar surface area (TPSA) is 15.3 Å². The van der Waals surface area contributed by atoms with Crippen LogP contribution < -0.4 is 5.32 Å². The van der Waals surface area contributed by atoms with Crippen LogP contribution in [0, 0.1) is 5.41 Å². The number of likely N-dealkylation sites (tertiary alicyclic amines) is 1. The van der Waals surface area contributed by atoms with E-state index in [4.69, 9.17) is 0 Å². The fourth-order valence-electron chi connectivity index (χ4n) is 2.39. The Labute approximate surface area is 102 Å². The van der Waals surface area contributed by atoms with Gasteiger partial charge in [-0.25, -0.2) is 0 Å². The molecule has 96 valence electrons. The van der Waals surface area contributed by atoms with Gasteiger partial charge in [-0.1, -0.05) is 27.2 Å². The molecule has 0 spiro atoms. The van der Waals surface area contributed by atoms with E-state index in [-0.39, 0.29) is 0 Å². The maximum absolute atomic E-state index is 3.61. The van der Waals surface area contributed by atoms with Gasteiger partial charge in [0.2, 0.25) is 0 Å². The van der Waals surface area contributed by atoms with Crippen molar-refractivity contribution in [2.75, 3.05) is 26.2 Å². The van der Waals surface area contributed by atoms with Gasteiger partial charge in [0.15, 0.2) is 0 Å². The maximum Gasteiger partial charge on any atom is 0.0107 e. The molecule has 1 aliphatic rings. The number of rotatable bonds is 6. The first kappa shape index (κ1) is 14.0. The van der Waals surface area contributed by atoms with E-state index in [9.17, 15) is 0 Å². The van der Waals surface area contributed by atoms with Gasteiger partial charge in [-0.05, 0) is 44.7 Å². The molecule has 2 heteroatoms. The fraction of sp³-hybridized carbons (Fsp3) is 1.00. The molecule has 0 aliphatic carbocycles. The van der Waals surface area contributed by atoms with Crippen LogP contribution in [0.15, 0.2) is 0 Å². The van der Waals surface area contributed by atoms with Crippen LogP contribution in [0.1, 0.15) is 53.4 Å². The molecule has 1 atom stereocenters. The quantitative estimate of drug-likeness (QED) is 0.749. The van der Waals surface area contributed by atoms with E-state index in [2.05, 4.69) is 37.9 Å². The highest BCUT2D eigenvalue weighted by molar-refractivity contribution is 4.78. The van der Waals surface area contributed by atoms with Gasteiger partial charge in [0, 0.05) is 19.1 Å². The Morgan fingerprint density at radius 2 is 1.88 bits per heavy atom. The molecule has 1 saturated heterocycles. The van der Waals surface area contributed by atoms with Crippen molar-refractivity contribution in [3.05, 3.63) is 0 Å². The monoisotopic (exact) mass is 226 g/mol. The van der Waals surface area contributed by atoms with Gasteiger partial charge in [0.25, 0.3) is 0 Å². The minimum atomic E-state index is 0.583.